The maximum absolute atomic E-state index is 3.92. The van der Waals surface area contributed by atoms with E-state index in [4.69, 9.17) is 0 Å². The normalized spacial score (nSPS) is 11.4. The molecule has 0 radical (unpaired) electrons. The Labute approximate surface area is 109 Å². The van der Waals surface area contributed by atoms with Crippen LogP contribution in [-0.4, -0.2) is 4.98 Å². The van der Waals surface area contributed by atoms with Gasteiger partial charge in [-0.3, -0.25) is 0 Å². The molecule has 0 aliphatic carbocycles. The highest BCUT2D eigenvalue weighted by molar-refractivity contribution is 5.87. The lowest BCUT2D eigenvalue weighted by Crippen LogP contribution is -1.86. The zero-order chi connectivity index (χ0) is 13.0. The van der Waals surface area contributed by atoms with E-state index in [9.17, 15) is 0 Å². The lowest BCUT2D eigenvalue weighted by atomic mass is 10.0. The molecule has 2 rings (SSSR count). The van der Waals surface area contributed by atoms with Gasteiger partial charge in [0.05, 0.1) is 0 Å². The molecule has 18 heavy (non-hydrogen) atoms. The van der Waals surface area contributed by atoms with Crippen LogP contribution in [0.1, 0.15) is 37.9 Å². The smallest absolute Gasteiger partial charge is 0.0461 e. The summed E-state index contributed by atoms with van der Waals surface area (Å²) in [5.74, 6) is 0. The molecule has 0 unspecified atom stereocenters. The number of benzene rings is 1. The van der Waals surface area contributed by atoms with Gasteiger partial charge in [-0.15, -0.1) is 0 Å². The van der Waals surface area contributed by atoms with Gasteiger partial charge in [0, 0.05) is 16.6 Å². The highest BCUT2D eigenvalue weighted by atomic mass is 14.7. The predicted molar refractivity (Wildman–Crippen MR) is 80.8 cm³/mol. The van der Waals surface area contributed by atoms with Crippen molar-refractivity contribution in [3.05, 3.63) is 53.8 Å². The third kappa shape index (κ3) is 2.73. The average Bonchev–Trinajstić information content (AvgIpc) is 2.71. The van der Waals surface area contributed by atoms with Gasteiger partial charge in [0.15, 0.2) is 0 Å². The fourth-order valence-electron chi connectivity index (χ4n) is 2.21. The number of aryl methyl sites for hydroxylation is 1. The number of allylic oxidation sites excluding steroid dienone is 2. The summed E-state index contributed by atoms with van der Waals surface area (Å²) in [6, 6.07) is 8.53. The molecule has 1 aromatic carbocycles. The van der Waals surface area contributed by atoms with Crippen LogP contribution >= 0.6 is 0 Å². The second-order valence-electron chi connectivity index (χ2n) is 4.85. The predicted octanol–water partition coefficient (Wildman–Crippen LogP) is 5.10. The third-order valence-corrected chi connectivity index (χ3v) is 3.16. The van der Waals surface area contributed by atoms with Crippen LogP contribution < -0.4 is 0 Å². The monoisotopic (exact) mass is 239 g/mol. The van der Waals surface area contributed by atoms with Gasteiger partial charge < -0.3 is 4.98 Å². The maximum atomic E-state index is 3.92. The molecule has 0 saturated heterocycles. The fraction of sp³-hybridized carbons (Fsp3) is 0.294. The molecule has 0 bridgehead atoms. The van der Waals surface area contributed by atoms with E-state index < -0.39 is 0 Å². The largest absolute Gasteiger partial charge is 0.355 e. The molecule has 2 aromatic rings. The average molecular weight is 239 g/mol. The number of aromatic nitrogens is 1. The molecule has 0 saturated carbocycles. The van der Waals surface area contributed by atoms with Crippen molar-refractivity contribution in [2.75, 3.05) is 0 Å². The molecule has 1 heteroatoms. The van der Waals surface area contributed by atoms with E-state index in [1.54, 1.807) is 0 Å². The van der Waals surface area contributed by atoms with E-state index in [2.05, 4.69) is 54.9 Å². The van der Waals surface area contributed by atoms with Gasteiger partial charge in [0.1, 0.15) is 0 Å². The highest BCUT2D eigenvalue weighted by Gasteiger charge is 2.08. The molecule has 0 fully saturated rings. The molecule has 94 valence electrons. The standard InChI is InChI=1S/C17H21N/c1-4-5-8-14-15-9-6-7-10-16(15)18-17(14)12-11-13(2)3/h6-7,9-12,18H,2,4-5,8H2,1,3H3/b12-11+. The Kier molecular flexibility index (Phi) is 4.03. The number of aromatic amines is 1. The summed E-state index contributed by atoms with van der Waals surface area (Å²) in [4.78, 5) is 3.50. The minimum atomic E-state index is 1.08. The Morgan fingerprint density at radius 1 is 1.33 bits per heavy atom. The van der Waals surface area contributed by atoms with Gasteiger partial charge >= 0.3 is 0 Å². The van der Waals surface area contributed by atoms with E-state index in [-0.39, 0.29) is 0 Å². The minimum absolute atomic E-state index is 1.08. The van der Waals surface area contributed by atoms with Crippen LogP contribution in [0.15, 0.2) is 42.5 Å². The van der Waals surface area contributed by atoms with E-state index in [1.807, 2.05) is 6.92 Å². The van der Waals surface area contributed by atoms with Crippen LogP contribution in [0.3, 0.4) is 0 Å². The Bertz CT molecular complexity index is 572. The summed E-state index contributed by atoms with van der Waals surface area (Å²) in [6.45, 7) is 8.17. The number of para-hydroxylation sites is 1. The summed E-state index contributed by atoms with van der Waals surface area (Å²) >= 11 is 0. The first-order chi connectivity index (χ1) is 8.72. The number of fused-ring (bicyclic) bond motifs is 1. The van der Waals surface area contributed by atoms with Crippen molar-refractivity contribution in [1.82, 2.24) is 4.98 Å². The van der Waals surface area contributed by atoms with E-state index in [0.717, 1.165) is 12.0 Å². The molecular formula is C17H21N. The Morgan fingerprint density at radius 3 is 2.83 bits per heavy atom. The molecule has 1 heterocycles. The number of hydrogen-bond acceptors (Lipinski definition) is 0. The summed E-state index contributed by atoms with van der Waals surface area (Å²) in [5.41, 5.74) is 4.97. The van der Waals surface area contributed by atoms with Gasteiger partial charge in [-0.2, -0.15) is 0 Å². The second-order valence-corrected chi connectivity index (χ2v) is 4.85. The second kappa shape index (κ2) is 5.72. The zero-order valence-electron chi connectivity index (χ0n) is 11.3. The van der Waals surface area contributed by atoms with Crippen LogP contribution in [0, 0.1) is 0 Å². The van der Waals surface area contributed by atoms with Crippen molar-refractivity contribution in [2.45, 2.75) is 33.1 Å². The van der Waals surface area contributed by atoms with Crippen LogP contribution in [0.25, 0.3) is 17.0 Å². The topological polar surface area (TPSA) is 15.8 Å². The summed E-state index contributed by atoms with van der Waals surface area (Å²) < 4.78 is 0. The maximum Gasteiger partial charge on any atom is 0.0461 e. The summed E-state index contributed by atoms with van der Waals surface area (Å²) in [7, 11) is 0. The quantitative estimate of drug-likeness (QED) is 0.699. The van der Waals surface area contributed by atoms with Crippen LogP contribution in [0.4, 0.5) is 0 Å². The molecule has 0 amide bonds. The summed E-state index contributed by atoms with van der Waals surface area (Å²) in [6.07, 6.45) is 7.81. The molecular weight excluding hydrogens is 218 g/mol. The number of unbranched alkanes of at least 4 members (excludes halogenated alkanes) is 1. The molecule has 1 N–H and O–H groups in total. The Balaban J connectivity index is 2.46. The third-order valence-electron chi connectivity index (χ3n) is 3.16. The lowest BCUT2D eigenvalue weighted by Gasteiger charge is -2.00. The number of hydrogen-bond donors (Lipinski definition) is 1. The van der Waals surface area contributed by atoms with Crippen molar-refractivity contribution in [3.8, 4) is 0 Å². The van der Waals surface area contributed by atoms with Crippen molar-refractivity contribution in [3.63, 3.8) is 0 Å². The first-order valence-electron chi connectivity index (χ1n) is 6.65. The van der Waals surface area contributed by atoms with Gasteiger partial charge in [-0.25, -0.2) is 0 Å². The SMILES string of the molecule is C=C(C)/C=C/c1[nH]c2ccccc2c1CCCC. The molecule has 0 spiro atoms. The van der Waals surface area contributed by atoms with Crippen molar-refractivity contribution in [2.24, 2.45) is 0 Å². The number of nitrogens with one attached hydrogen (secondary N) is 1. The summed E-state index contributed by atoms with van der Waals surface area (Å²) in [5, 5.41) is 1.35. The lowest BCUT2D eigenvalue weighted by molar-refractivity contribution is 0.797. The van der Waals surface area contributed by atoms with E-state index in [1.165, 1.54) is 35.0 Å². The minimum Gasteiger partial charge on any atom is -0.355 e. The number of rotatable bonds is 5. The molecule has 0 aliphatic rings. The van der Waals surface area contributed by atoms with Gasteiger partial charge in [-0.05, 0) is 37.5 Å². The fourth-order valence-corrected chi connectivity index (χ4v) is 2.21. The first-order valence-corrected chi connectivity index (χ1v) is 6.65. The molecule has 1 aromatic heterocycles. The van der Waals surface area contributed by atoms with Crippen LogP contribution in [0.5, 0.6) is 0 Å². The Hall–Kier alpha value is -1.76. The highest BCUT2D eigenvalue weighted by Crippen LogP contribution is 2.25. The van der Waals surface area contributed by atoms with Crippen molar-refractivity contribution in [1.29, 1.82) is 0 Å². The van der Waals surface area contributed by atoms with E-state index >= 15 is 0 Å². The van der Waals surface area contributed by atoms with Gasteiger partial charge in [0.25, 0.3) is 0 Å². The Morgan fingerprint density at radius 2 is 2.11 bits per heavy atom. The van der Waals surface area contributed by atoms with E-state index in [0.29, 0.717) is 0 Å². The zero-order valence-corrected chi connectivity index (χ0v) is 11.3. The molecule has 0 aliphatic heterocycles. The molecule has 1 nitrogen and oxygen atoms in total. The first kappa shape index (κ1) is 12.7. The van der Waals surface area contributed by atoms with Crippen molar-refractivity contribution >= 4 is 17.0 Å². The number of H-pyrrole nitrogens is 1. The van der Waals surface area contributed by atoms with Crippen LogP contribution in [0.2, 0.25) is 0 Å². The van der Waals surface area contributed by atoms with Crippen molar-refractivity contribution < 1.29 is 0 Å². The molecule has 0 atom stereocenters. The van der Waals surface area contributed by atoms with Gasteiger partial charge in [-0.1, -0.05) is 49.8 Å². The van der Waals surface area contributed by atoms with Crippen LogP contribution in [-0.2, 0) is 6.42 Å². The van der Waals surface area contributed by atoms with Gasteiger partial charge in [0.2, 0.25) is 0 Å².